The van der Waals surface area contributed by atoms with E-state index in [0.717, 1.165) is 18.6 Å². The minimum absolute atomic E-state index is 0.418. The van der Waals surface area contributed by atoms with Crippen molar-refractivity contribution in [3.63, 3.8) is 0 Å². The highest BCUT2D eigenvalue weighted by molar-refractivity contribution is 5.84. The van der Waals surface area contributed by atoms with Gasteiger partial charge in [0.25, 0.3) is 0 Å². The molecule has 0 amide bonds. The molecule has 2 N–H and O–H groups in total. The lowest BCUT2D eigenvalue weighted by Gasteiger charge is -2.26. The van der Waals surface area contributed by atoms with Gasteiger partial charge in [0, 0.05) is 6.04 Å². The highest BCUT2D eigenvalue weighted by atomic mass is 16.5. The second-order valence-corrected chi connectivity index (χ2v) is 5.58. The topological polar surface area (TPSA) is 35.2 Å². The molecule has 19 heavy (non-hydrogen) atoms. The fourth-order valence-corrected chi connectivity index (χ4v) is 3.08. The molecule has 0 heterocycles. The fourth-order valence-electron chi connectivity index (χ4n) is 3.08. The lowest BCUT2D eigenvalue weighted by atomic mass is 9.81. The van der Waals surface area contributed by atoms with E-state index in [1.165, 1.54) is 29.2 Å². The Kier molecular flexibility index (Phi) is 3.43. The number of methoxy groups -OCH3 is 1. The summed E-state index contributed by atoms with van der Waals surface area (Å²) in [6.45, 7) is 0. The predicted molar refractivity (Wildman–Crippen MR) is 79.7 cm³/mol. The van der Waals surface area contributed by atoms with E-state index in [9.17, 15) is 0 Å². The quantitative estimate of drug-likeness (QED) is 0.885. The Balaban J connectivity index is 1.89. The molecule has 2 aromatic carbocycles. The third-order valence-corrected chi connectivity index (χ3v) is 4.31. The normalized spacial score (nSPS) is 23.5. The first kappa shape index (κ1) is 12.5. The summed E-state index contributed by atoms with van der Waals surface area (Å²) < 4.78 is 5.27. The van der Waals surface area contributed by atoms with Gasteiger partial charge in [-0.3, -0.25) is 0 Å². The number of hydrogen-bond donors (Lipinski definition) is 1. The number of hydrogen-bond acceptors (Lipinski definition) is 2. The van der Waals surface area contributed by atoms with Crippen molar-refractivity contribution in [3.05, 3.63) is 42.0 Å². The van der Waals surface area contributed by atoms with Gasteiger partial charge in [-0.2, -0.15) is 0 Å². The minimum atomic E-state index is 0.418. The number of fused-ring (bicyclic) bond motifs is 1. The van der Waals surface area contributed by atoms with Crippen molar-refractivity contribution < 1.29 is 4.74 Å². The Labute approximate surface area is 114 Å². The van der Waals surface area contributed by atoms with E-state index in [4.69, 9.17) is 10.5 Å². The van der Waals surface area contributed by atoms with Gasteiger partial charge in [0.2, 0.25) is 0 Å². The van der Waals surface area contributed by atoms with E-state index < -0.39 is 0 Å². The summed E-state index contributed by atoms with van der Waals surface area (Å²) in [6, 6.07) is 13.5. The van der Waals surface area contributed by atoms with Crippen molar-refractivity contribution >= 4 is 10.8 Å². The van der Waals surface area contributed by atoms with Gasteiger partial charge in [-0.25, -0.2) is 0 Å². The maximum atomic E-state index is 5.98. The molecule has 1 fully saturated rings. The molecule has 0 atom stereocenters. The zero-order valence-electron chi connectivity index (χ0n) is 11.4. The SMILES string of the molecule is COc1ccc2cc(C3CCC(N)CC3)ccc2c1. The first-order valence-corrected chi connectivity index (χ1v) is 7.09. The van der Waals surface area contributed by atoms with Crippen LogP contribution >= 0.6 is 0 Å². The van der Waals surface area contributed by atoms with E-state index in [0.29, 0.717) is 12.0 Å². The molecule has 100 valence electrons. The molecule has 2 aromatic rings. The predicted octanol–water partition coefficient (Wildman–Crippen LogP) is 3.83. The molecule has 1 aliphatic carbocycles. The van der Waals surface area contributed by atoms with Gasteiger partial charge in [0.15, 0.2) is 0 Å². The van der Waals surface area contributed by atoms with Crippen LogP contribution in [0.5, 0.6) is 5.75 Å². The summed E-state index contributed by atoms with van der Waals surface area (Å²) in [6.07, 6.45) is 4.77. The highest BCUT2D eigenvalue weighted by Crippen LogP contribution is 2.34. The molecule has 0 unspecified atom stereocenters. The summed E-state index contributed by atoms with van der Waals surface area (Å²) in [4.78, 5) is 0. The molecule has 1 aliphatic rings. The van der Waals surface area contributed by atoms with Gasteiger partial charge in [-0.1, -0.05) is 24.3 Å². The lowest BCUT2D eigenvalue weighted by Crippen LogP contribution is -2.25. The molecule has 1 saturated carbocycles. The molecule has 0 saturated heterocycles. The van der Waals surface area contributed by atoms with Crippen LogP contribution in [-0.4, -0.2) is 13.2 Å². The number of rotatable bonds is 2. The van der Waals surface area contributed by atoms with Crippen LogP contribution in [0.3, 0.4) is 0 Å². The fraction of sp³-hybridized carbons (Fsp3) is 0.412. The van der Waals surface area contributed by atoms with Crippen molar-refractivity contribution in [2.45, 2.75) is 37.6 Å². The maximum Gasteiger partial charge on any atom is 0.119 e. The van der Waals surface area contributed by atoms with Gasteiger partial charge in [0.1, 0.15) is 5.75 Å². The van der Waals surface area contributed by atoms with Crippen LogP contribution in [-0.2, 0) is 0 Å². The maximum absolute atomic E-state index is 5.98. The zero-order chi connectivity index (χ0) is 13.2. The third kappa shape index (κ3) is 2.59. The smallest absolute Gasteiger partial charge is 0.119 e. The van der Waals surface area contributed by atoms with Crippen LogP contribution in [0.15, 0.2) is 36.4 Å². The first-order chi connectivity index (χ1) is 9.26. The van der Waals surface area contributed by atoms with Gasteiger partial charge in [0.05, 0.1) is 7.11 Å². The standard InChI is InChI=1S/C17H21NO/c1-19-17-9-6-14-10-13(2-3-15(14)11-17)12-4-7-16(18)8-5-12/h2-3,6,9-12,16H,4-5,7-8,18H2,1H3. The van der Waals surface area contributed by atoms with Crippen LogP contribution in [0.2, 0.25) is 0 Å². The third-order valence-electron chi connectivity index (χ3n) is 4.31. The Morgan fingerprint density at radius 1 is 0.947 bits per heavy atom. The van der Waals surface area contributed by atoms with Crippen molar-refractivity contribution in [2.24, 2.45) is 5.73 Å². The zero-order valence-corrected chi connectivity index (χ0v) is 11.4. The van der Waals surface area contributed by atoms with Gasteiger partial charge in [-0.15, -0.1) is 0 Å². The largest absolute Gasteiger partial charge is 0.497 e. The van der Waals surface area contributed by atoms with Crippen molar-refractivity contribution in [2.75, 3.05) is 7.11 Å². The second-order valence-electron chi connectivity index (χ2n) is 5.58. The van der Waals surface area contributed by atoms with E-state index in [1.807, 2.05) is 6.07 Å². The Hall–Kier alpha value is -1.54. The summed E-state index contributed by atoms with van der Waals surface area (Å²) in [5, 5.41) is 2.55. The molecular weight excluding hydrogens is 234 g/mol. The van der Waals surface area contributed by atoms with E-state index in [2.05, 4.69) is 30.3 Å². The highest BCUT2D eigenvalue weighted by Gasteiger charge is 2.19. The average Bonchev–Trinajstić information content (AvgIpc) is 2.47. The van der Waals surface area contributed by atoms with E-state index in [1.54, 1.807) is 7.11 Å². The van der Waals surface area contributed by atoms with E-state index >= 15 is 0 Å². The number of nitrogens with two attached hydrogens (primary N) is 1. The molecule has 3 rings (SSSR count). The minimum Gasteiger partial charge on any atom is -0.497 e. The second kappa shape index (κ2) is 5.22. The van der Waals surface area contributed by atoms with Gasteiger partial charge >= 0.3 is 0 Å². The van der Waals surface area contributed by atoms with Crippen molar-refractivity contribution in [1.82, 2.24) is 0 Å². The molecule has 0 aliphatic heterocycles. The van der Waals surface area contributed by atoms with Crippen LogP contribution in [0, 0.1) is 0 Å². The first-order valence-electron chi connectivity index (χ1n) is 7.09. The van der Waals surface area contributed by atoms with Gasteiger partial charge < -0.3 is 10.5 Å². The Morgan fingerprint density at radius 2 is 1.63 bits per heavy atom. The average molecular weight is 255 g/mol. The summed E-state index contributed by atoms with van der Waals surface area (Å²) in [5.74, 6) is 1.61. The summed E-state index contributed by atoms with van der Waals surface area (Å²) in [7, 11) is 1.71. The molecule has 0 radical (unpaired) electrons. The van der Waals surface area contributed by atoms with Gasteiger partial charge in [-0.05, 0) is 60.1 Å². The number of benzene rings is 2. The molecule has 0 spiro atoms. The van der Waals surface area contributed by atoms with E-state index in [-0.39, 0.29) is 0 Å². The van der Waals surface area contributed by atoms with Crippen molar-refractivity contribution in [1.29, 1.82) is 0 Å². The molecule has 0 bridgehead atoms. The van der Waals surface area contributed by atoms with Crippen LogP contribution in [0.1, 0.15) is 37.2 Å². The van der Waals surface area contributed by atoms with Crippen LogP contribution < -0.4 is 10.5 Å². The molecule has 0 aromatic heterocycles. The Bertz CT molecular complexity index is 570. The van der Waals surface area contributed by atoms with Crippen LogP contribution in [0.25, 0.3) is 10.8 Å². The summed E-state index contributed by atoms with van der Waals surface area (Å²) >= 11 is 0. The number of ether oxygens (including phenoxy) is 1. The molecular formula is C17H21NO. The summed E-state index contributed by atoms with van der Waals surface area (Å²) in [5.41, 5.74) is 7.45. The molecule has 2 heteroatoms. The lowest BCUT2D eigenvalue weighted by molar-refractivity contribution is 0.396. The van der Waals surface area contributed by atoms with Crippen molar-refractivity contribution in [3.8, 4) is 5.75 Å². The van der Waals surface area contributed by atoms with Crippen LogP contribution in [0.4, 0.5) is 0 Å². The monoisotopic (exact) mass is 255 g/mol. The molecule has 2 nitrogen and oxygen atoms in total. The Morgan fingerprint density at radius 3 is 2.37 bits per heavy atom.